The molecule has 1 heterocycles. The molecule has 0 amide bonds. The molecule has 228 valence electrons. The minimum Gasteiger partial charge on any atom is -0.491 e. The molecule has 8 nitrogen and oxygen atoms in total. The first-order chi connectivity index (χ1) is 20.6. The Morgan fingerprint density at radius 2 is 1.88 bits per heavy atom. The van der Waals surface area contributed by atoms with E-state index in [4.69, 9.17) is 14.2 Å². The highest BCUT2D eigenvalue weighted by Crippen LogP contribution is 2.36. The van der Waals surface area contributed by atoms with Gasteiger partial charge < -0.3 is 24.8 Å². The van der Waals surface area contributed by atoms with Crippen molar-refractivity contribution in [3.8, 4) is 5.75 Å². The van der Waals surface area contributed by atoms with Crippen molar-refractivity contribution in [1.82, 2.24) is 14.9 Å². The Morgan fingerprint density at radius 3 is 2.62 bits per heavy atom. The van der Waals surface area contributed by atoms with Crippen molar-refractivity contribution < 1.29 is 14.2 Å². The van der Waals surface area contributed by atoms with Gasteiger partial charge in [-0.05, 0) is 56.4 Å². The van der Waals surface area contributed by atoms with Crippen molar-refractivity contribution in [2.45, 2.75) is 65.1 Å². The Labute approximate surface area is 251 Å². The number of likely N-dealkylation sites (N-methyl/N-ethyl adjacent to an activating group) is 1. The van der Waals surface area contributed by atoms with Crippen LogP contribution in [0.25, 0.3) is 10.9 Å². The lowest BCUT2D eigenvalue weighted by molar-refractivity contribution is 0.0989. The minimum atomic E-state index is -0.298. The summed E-state index contributed by atoms with van der Waals surface area (Å²) >= 11 is 0. The van der Waals surface area contributed by atoms with Crippen LogP contribution in [0.3, 0.4) is 0 Å². The van der Waals surface area contributed by atoms with Crippen LogP contribution in [0.2, 0.25) is 0 Å². The van der Waals surface area contributed by atoms with E-state index in [0.29, 0.717) is 19.1 Å². The summed E-state index contributed by atoms with van der Waals surface area (Å²) in [6.07, 6.45) is 11.4. The SMILES string of the molecule is CCCCCOC(C=CCN(CC)CCOC)Nc1cc2c(N[C@H](C)c3ccccc3)ncnc2cc1OCC1CC1. The third-order valence-electron chi connectivity index (χ3n) is 7.64. The number of fused-ring (bicyclic) bond motifs is 1. The highest BCUT2D eigenvalue weighted by molar-refractivity contribution is 5.93. The normalized spacial score (nSPS) is 14.9. The van der Waals surface area contributed by atoms with Crippen LogP contribution in [0.4, 0.5) is 11.5 Å². The number of unbranched alkanes of at least 4 members (excludes halogenated alkanes) is 2. The molecule has 0 saturated heterocycles. The first-order valence-corrected chi connectivity index (χ1v) is 15.6. The standard InChI is InChI=1S/C34H49N5O3/c1-5-7-11-20-41-33(15-12-18-39(6-2)19-21-40-4)38-31-22-29-30(23-32(31)42-24-27-16-17-27)35-25-36-34(29)37-26(3)28-13-9-8-10-14-28/h8-10,12-15,22-23,25-27,33,38H,5-7,11,16-21,24H2,1-4H3,(H,35,36,37)/t26-,33?/m1/s1. The van der Waals surface area contributed by atoms with Gasteiger partial charge in [-0.25, -0.2) is 9.97 Å². The van der Waals surface area contributed by atoms with E-state index in [-0.39, 0.29) is 12.3 Å². The molecule has 0 spiro atoms. The van der Waals surface area contributed by atoms with Crippen molar-refractivity contribution in [1.29, 1.82) is 0 Å². The number of hydrogen-bond donors (Lipinski definition) is 2. The molecule has 0 bridgehead atoms. The fraction of sp³-hybridized carbons (Fsp3) is 0.529. The molecule has 4 rings (SSSR count). The van der Waals surface area contributed by atoms with E-state index >= 15 is 0 Å². The fourth-order valence-corrected chi connectivity index (χ4v) is 4.75. The van der Waals surface area contributed by atoms with Crippen LogP contribution in [0, 0.1) is 5.92 Å². The van der Waals surface area contributed by atoms with Crippen molar-refractivity contribution in [3.05, 3.63) is 66.5 Å². The molecule has 1 unspecified atom stereocenters. The molecular formula is C34H49N5O3. The van der Waals surface area contributed by atoms with Crippen LogP contribution in [-0.4, -0.2) is 67.7 Å². The van der Waals surface area contributed by atoms with Crippen LogP contribution >= 0.6 is 0 Å². The van der Waals surface area contributed by atoms with Gasteiger partial charge in [0.15, 0.2) is 0 Å². The zero-order chi connectivity index (χ0) is 29.6. The molecule has 1 aromatic heterocycles. The number of aromatic nitrogens is 2. The van der Waals surface area contributed by atoms with Crippen LogP contribution in [0.1, 0.15) is 64.5 Å². The lowest BCUT2D eigenvalue weighted by atomic mass is 10.1. The summed E-state index contributed by atoms with van der Waals surface area (Å²) in [6, 6.07) is 14.6. The predicted molar refractivity (Wildman–Crippen MR) is 172 cm³/mol. The molecule has 8 heteroatoms. The van der Waals surface area contributed by atoms with Crippen LogP contribution in [0.5, 0.6) is 5.75 Å². The molecule has 0 aliphatic heterocycles. The molecular weight excluding hydrogens is 526 g/mol. The number of benzene rings is 2. The third-order valence-corrected chi connectivity index (χ3v) is 7.64. The lowest BCUT2D eigenvalue weighted by Crippen LogP contribution is -2.28. The number of methoxy groups -OCH3 is 1. The summed E-state index contributed by atoms with van der Waals surface area (Å²) in [5.74, 6) is 2.22. The van der Waals surface area contributed by atoms with E-state index in [0.717, 1.165) is 73.7 Å². The molecule has 2 atom stereocenters. The summed E-state index contributed by atoms with van der Waals surface area (Å²) in [6.45, 7) is 11.3. The van der Waals surface area contributed by atoms with Gasteiger partial charge in [0.1, 0.15) is 24.1 Å². The Balaban J connectivity index is 1.59. The van der Waals surface area contributed by atoms with Gasteiger partial charge in [-0.2, -0.15) is 0 Å². The highest BCUT2D eigenvalue weighted by atomic mass is 16.5. The van der Waals surface area contributed by atoms with E-state index < -0.39 is 0 Å². The van der Waals surface area contributed by atoms with Crippen molar-refractivity contribution in [2.75, 3.05) is 57.2 Å². The summed E-state index contributed by atoms with van der Waals surface area (Å²) < 4.78 is 18.0. The maximum Gasteiger partial charge on any atom is 0.147 e. The average molecular weight is 576 g/mol. The molecule has 3 aromatic rings. The molecule has 2 aromatic carbocycles. The number of rotatable bonds is 20. The molecule has 0 radical (unpaired) electrons. The molecule has 42 heavy (non-hydrogen) atoms. The van der Waals surface area contributed by atoms with Gasteiger partial charge in [-0.3, -0.25) is 4.90 Å². The second-order valence-electron chi connectivity index (χ2n) is 11.1. The number of ether oxygens (including phenoxy) is 3. The number of hydrogen-bond acceptors (Lipinski definition) is 8. The average Bonchev–Trinajstić information content (AvgIpc) is 3.85. The largest absolute Gasteiger partial charge is 0.491 e. The first kappa shape index (κ1) is 31.7. The number of nitrogens with one attached hydrogen (secondary N) is 2. The zero-order valence-electron chi connectivity index (χ0n) is 25.9. The van der Waals surface area contributed by atoms with E-state index in [1.165, 1.54) is 18.4 Å². The second-order valence-corrected chi connectivity index (χ2v) is 11.1. The first-order valence-electron chi connectivity index (χ1n) is 15.6. The Hall–Kier alpha value is -3.20. The third kappa shape index (κ3) is 9.96. The Kier molecular flexibility index (Phi) is 12.9. The van der Waals surface area contributed by atoms with Gasteiger partial charge in [0.05, 0.1) is 24.4 Å². The molecule has 1 aliphatic rings. The number of anilines is 2. The second kappa shape index (κ2) is 17.0. The Morgan fingerprint density at radius 1 is 1.05 bits per heavy atom. The van der Waals surface area contributed by atoms with E-state index in [1.54, 1.807) is 13.4 Å². The maximum atomic E-state index is 6.36. The number of nitrogens with zero attached hydrogens (tertiary/aromatic N) is 3. The van der Waals surface area contributed by atoms with E-state index in [9.17, 15) is 0 Å². The van der Waals surface area contributed by atoms with Crippen molar-refractivity contribution >= 4 is 22.4 Å². The van der Waals surface area contributed by atoms with Gasteiger partial charge >= 0.3 is 0 Å². The summed E-state index contributed by atoms with van der Waals surface area (Å²) in [7, 11) is 1.74. The summed E-state index contributed by atoms with van der Waals surface area (Å²) in [5.41, 5.74) is 2.92. The molecule has 1 fully saturated rings. The molecule has 1 saturated carbocycles. The van der Waals surface area contributed by atoms with Gasteiger partial charge in [-0.15, -0.1) is 0 Å². The maximum absolute atomic E-state index is 6.36. The quantitative estimate of drug-likeness (QED) is 0.0842. The van der Waals surface area contributed by atoms with Gasteiger partial charge in [-0.1, -0.05) is 63.1 Å². The van der Waals surface area contributed by atoms with Crippen LogP contribution in [0.15, 0.2) is 60.9 Å². The highest BCUT2D eigenvalue weighted by Gasteiger charge is 2.23. The molecule has 1 aliphatic carbocycles. The predicted octanol–water partition coefficient (Wildman–Crippen LogP) is 7.06. The van der Waals surface area contributed by atoms with E-state index in [1.807, 2.05) is 12.1 Å². The van der Waals surface area contributed by atoms with Crippen molar-refractivity contribution in [2.24, 2.45) is 5.92 Å². The lowest BCUT2D eigenvalue weighted by Gasteiger charge is -2.22. The topological polar surface area (TPSA) is 80.8 Å². The molecule has 2 N–H and O–H groups in total. The Bertz CT molecular complexity index is 1230. The summed E-state index contributed by atoms with van der Waals surface area (Å²) in [4.78, 5) is 11.6. The van der Waals surface area contributed by atoms with Crippen LogP contribution in [-0.2, 0) is 9.47 Å². The zero-order valence-corrected chi connectivity index (χ0v) is 25.9. The van der Waals surface area contributed by atoms with Crippen LogP contribution < -0.4 is 15.4 Å². The summed E-state index contributed by atoms with van der Waals surface area (Å²) in [5, 5.41) is 8.18. The van der Waals surface area contributed by atoms with Gasteiger partial charge in [0.2, 0.25) is 0 Å². The van der Waals surface area contributed by atoms with Gasteiger partial charge in [0, 0.05) is 44.3 Å². The monoisotopic (exact) mass is 575 g/mol. The fourth-order valence-electron chi connectivity index (χ4n) is 4.75. The smallest absolute Gasteiger partial charge is 0.147 e. The van der Waals surface area contributed by atoms with Gasteiger partial charge in [0.25, 0.3) is 0 Å². The van der Waals surface area contributed by atoms with E-state index in [2.05, 4.69) is 88.8 Å². The van der Waals surface area contributed by atoms with Crippen molar-refractivity contribution in [3.63, 3.8) is 0 Å². The minimum absolute atomic E-state index is 0.0868.